The molecule has 6 nitrogen and oxygen atoms in total. The molecular formula is C24H22ClN3O3. The molecule has 4 aromatic rings. The molecule has 0 bridgehead atoms. The van der Waals surface area contributed by atoms with Gasteiger partial charge < -0.3 is 14.5 Å². The van der Waals surface area contributed by atoms with Gasteiger partial charge in [-0.25, -0.2) is 0 Å². The molecule has 1 N–H and O–H groups in total. The predicted molar refractivity (Wildman–Crippen MR) is 120 cm³/mol. The first-order valence-electron chi connectivity index (χ1n) is 9.84. The number of benzene rings is 2. The lowest BCUT2D eigenvalue weighted by molar-refractivity contribution is 0.0992. The van der Waals surface area contributed by atoms with Crippen LogP contribution in [0.2, 0.25) is 5.02 Å². The van der Waals surface area contributed by atoms with Gasteiger partial charge in [0.2, 0.25) is 0 Å². The number of hydrogen-bond acceptors (Lipinski definition) is 4. The Morgan fingerprint density at radius 2 is 1.87 bits per heavy atom. The minimum Gasteiger partial charge on any atom is -0.486 e. The van der Waals surface area contributed by atoms with Gasteiger partial charge in [0.25, 0.3) is 5.91 Å². The Morgan fingerprint density at radius 1 is 1.10 bits per heavy atom. The van der Waals surface area contributed by atoms with Crippen LogP contribution < -0.4 is 10.1 Å². The van der Waals surface area contributed by atoms with E-state index in [0.717, 1.165) is 22.4 Å². The molecule has 0 saturated heterocycles. The molecule has 31 heavy (non-hydrogen) atoms. The normalized spacial score (nSPS) is 10.8. The summed E-state index contributed by atoms with van der Waals surface area (Å²) in [5.74, 6) is 1.58. The molecule has 0 aliphatic heterocycles. The number of rotatable bonds is 7. The van der Waals surface area contributed by atoms with E-state index >= 15 is 0 Å². The number of furan rings is 1. The quantitative estimate of drug-likeness (QED) is 0.408. The molecule has 7 heteroatoms. The maximum Gasteiger partial charge on any atom is 0.292 e. The van der Waals surface area contributed by atoms with Crippen molar-refractivity contribution in [2.24, 2.45) is 0 Å². The zero-order valence-electron chi connectivity index (χ0n) is 17.3. The monoisotopic (exact) mass is 435 g/mol. The van der Waals surface area contributed by atoms with Gasteiger partial charge in [-0.15, -0.1) is 0 Å². The summed E-state index contributed by atoms with van der Waals surface area (Å²) in [7, 11) is 0. The summed E-state index contributed by atoms with van der Waals surface area (Å²) < 4.78 is 13.1. The van der Waals surface area contributed by atoms with Gasteiger partial charge in [0.15, 0.2) is 11.6 Å². The van der Waals surface area contributed by atoms with Gasteiger partial charge in [-0.1, -0.05) is 35.9 Å². The number of carbonyl (C=O) groups is 1. The number of hydrogen-bond donors (Lipinski definition) is 1. The molecule has 0 aliphatic rings. The van der Waals surface area contributed by atoms with Crippen molar-refractivity contribution in [3.05, 3.63) is 100 Å². The van der Waals surface area contributed by atoms with Gasteiger partial charge in [-0.05, 0) is 60.9 Å². The Morgan fingerprint density at radius 3 is 2.65 bits per heavy atom. The van der Waals surface area contributed by atoms with E-state index < -0.39 is 0 Å². The molecule has 4 rings (SSSR count). The Hall–Kier alpha value is -3.51. The largest absolute Gasteiger partial charge is 0.486 e. The highest BCUT2D eigenvalue weighted by molar-refractivity contribution is 6.31. The topological polar surface area (TPSA) is 69.3 Å². The highest BCUT2D eigenvalue weighted by atomic mass is 35.5. The molecule has 0 spiro atoms. The highest BCUT2D eigenvalue weighted by Crippen LogP contribution is 2.19. The molecular weight excluding hydrogens is 414 g/mol. The van der Waals surface area contributed by atoms with Crippen molar-refractivity contribution < 1.29 is 13.9 Å². The first-order chi connectivity index (χ1) is 15.0. The minimum absolute atomic E-state index is 0.194. The summed E-state index contributed by atoms with van der Waals surface area (Å²) in [4.78, 5) is 12.5. The maximum atomic E-state index is 12.5. The predicted octanol–water partition coefficient (Wildman–Crippen LogP) is 5.63. The number of aryl methyl sites for hydroxylation is 2. The van der Waals surface area contributed by atoms with E-state index in [-0.39, 0.29) is 18.3 Å². The Bertz CT molecular complexity index is 1190. The molecule has 0 saturated carbocycles. The maximum absolute atomic E-state index is 12.5. The molecule has 0 aliphatic carbocycles. The number of amides is 1. The van der Waals surface area contributed by atoms with Gasteiger partial charge in [-0.3, -0.25) is 9.48 Å². The second-order valence-corrected chi connectivity index (χ2v) is 7.73. The summed E-state index contributed by atoms with van der Waals surface area (Å²) in [5.41, 5.74) is 3.21. The fraction of sp³-hybridized carbons (Fsp3) is 0.167. The Balaban J connectivity index is 1.35. The lowest BCUT2D eigenvalue weighted by Gasteiger charge is -2.06. The number of anilines is 1. The van der Waals surface area contributed by atoms with Crippen LogP contribution in [-0.2, 0) is 13.2 Å². The van der Waals surface area contributed by atoms with Gasteiger partial charge >= 0.3 is 0 Å². The van der Waals surface area contributed by atoms with E-state index in [9.17, 15) is 4.79 Å². The van der Waals surface area contributed by atoms with E-state index in [2.05, 4.69) is 16.5 Å². The second-order valence-electron chi connectivity index (χ2n) is 7.32. The molecule has 0 fully saturated rings. The SMILES string of the molecule is Cc1cc(C)cc(OCc2ccc(C(=O)Nc3ccn(Cc4ccccc4Cl)n3)o2)c1. The number of ether oxygens (including phenoxy) is 1. The van der Waals surface area contributed by atoms with E-state index in [1.54, 1.807) is 29.1 Å². The third kappa shape index (κ3) is 5.35. The third-order valence-electron chi connectivity index (χ3n) is 4.63. The van der Waals surface area contributed by atoms with E-state index in [1.165, 1.54) is 0 Å². The number of aromatic nitrogens is 2. The summed E-state index contributed by atoms with van der Waals surface area (Å²) in [5, 5.41) is 7.79. The van der Waals surface area contributed by atoms with Gasteiger partial charge in [0, 0.05) is 17.3 Å². The molecule has 0 unspecified atom stereocenters. The Labute approximate surface area is 185 Å². The number of nitrogens with zero attached hydrogens (tertiary/aromatic N) is 2. The van der Waals surface area contributed by atoms with Crippen LogP contribution in [0.15, 0.2) is 71.3 Å². The van der Waals surface area contributed by atoms with Crippen LogP contribution in [0, 0.1) is 13.8 Å². The van der Waals surface area contributed by atoms with Crippen molar-refractivity contribution in [2.75, 3.05) is 5.32 Å². The smallest absolute Gasteiger partial charge is 0.292 e. The van der Waals surface area contributed by atoms with E-state index in [1.807, 2.05) is 50.2 Å². The van der Waals surface area contributed by atoms with Crippen LogP contribution in [-0.4, -0.2) is 15.7 Å². The summed E-state index contributed by atoms with van der Waals surface area (Å²) >= 11 is 6.19. The van der Waals surface area contributed by atoms with E-state index in [4.69, 9.17) is 20.8 Å². The van der Waals surface area contributed by atoms with Crippen LogP contribution in [0.3, 0.4) is 0 Å². The number of halogens is 1. The van der Waals surface area contributed by atoms with Crippen LogP contribution in [0.5, 0.6) is 5.75 Å². The summed E-state index contributed by atoms with van der Waals surface area (Å²) in [6, 6.07) is 18.7. The Kier molecular flexibility index (Phi) is 6.09. The fourth-order valence-electron chi connectivity index (χ4n) is 3.24. The standard InChI is InChI=1S/C24H22ClN3O3/c1-16-11-17(2)13-20(12-16)30-15-19-7-8-22(31-19)24(29)26-23-9-10-28(27-23)14-18-5-3-4-6-21(18)25/h3-13H,14-15H2,1-2H3,(H,26,27,29). The zero-order valence-corrected chi connectivity index (χ0v) is 18.0. The van der Waals surface area contributed by atoms with Crippen molar-refractivity contribution in [1.82, 2.24) is 9.78 Å². The number of nitrogens with one attached hydrogen (secondary N) is 1. The van der Waals surface area contributed by atoms with Crippen LogP contribution >= 0.6 is 11.6 Å². The summed E-state index contributed by atoms with van der Waals surface area (Å²) in [6.45, 7) is 4.79. The van der Waals surface area contributed by atoms with Gasteiger partial charge in [-0.2, -0.15) is 5.10 Å². The van der Waals surface area contributed by atoms with Crippen molar-refractivity contribution >= 4 is 23.3 Å². The molecule has 1 amide bonds. The fourth-order valence-corrected chi connectivity index (χ4v) is 3.44. The van der Waals surface area contributed by atoms with Crippen LogP contribution in [0.1, 0.15) is 33.0 Å². The second kappa shape index (κ2) is 9.10. The van der Waals surface area contributed by atoms with Crippen molar-refractivity contribution in [2.45, 2.75) is 27.0 Å². The lowest BCUT2D eigenvalue weighted by Crippen LogP contribution is -2.12. The zero-order chi connectivity index (χ0) is 21.8. The first-order valence-corrected chi connectivity index (χ1v) is 10.2. The molecule has 2 aromatic heterocycles. The van der Waals surface area contributed by atoms with Gasteiger partial charge in [0.05, 0.1) is 6.54 Å². The van der Waals surface area contributed by atoms with Crippen molar-refractivity contribution in [3.8, 4) is 5.75 Å². The average molecular weight is 436 g/mol. The minimum atomic E-state index is -0.374. The highest BCUT2D eigenvalue weighted by Gasteiger charge is 2.14. The molecule has 158 valence electrons. The van der Waals surface area contributed by atoms with Gasteiger partial charge in [0.1, 0.15) is 18.1 Å². The van der Waals surface area contributed by atoms with E-state index in [0.29, 0.717) is 23.1 Å². The third-order valence-corrected chi connectivity index (χ3v) is 5.00. The molecule has 2 aromatic carbocycles. The molecule has 2 heterocycles. The average Bonchev–Trinajstić information content (AvgIpc) is 3.37. The molecule has 0 radical (unpaired) electrons. The summed E-state index contributed by atoms with van der Waals surface area (Å²) in [6.07, 6.45) is 1.78. The van der Waals surface area contributed by atoms with Crippen LogP contribution in [0.25, 0.3) is 0 Å². The van der Waals surface area contributed by atoms with Crippen LogP contribution in [0.4, 0.5) is 5.82 Å². The van der Waals surface area contributed by atoms with Crippen molar-refractivity contribution in [3.63, 3.8) is 0 Å². The van der Waals surface area contributed by atoms with Crippen molar-refractivity contribution in [1.29, 1.82) is 0 Å². The molecule has 0 atom stereocenters. The first kappa shape index (κ1) is 20.8. The number of carbonyl (C=O) groups excluding carboxylic acids is 1. The lowest BCUT2D eigenvalue weighted by atomic mass is 10.1.